The van der Waals surface area contributed by atoms with E-state index in [1.165, 1.54) is 6.07 Å². The molecular weight excluding hydrogens is 350 g/mol. The number of hydrogen-bond donors (Lipinski definition) is 3. The lowest BCUT2D eigenvalue weighted by atomic mass is 10.2. The van der Waals surface area contributed by atoms with Crippen molar-refractivity contribution in [2.75, 3.05) is 0 Å². The maximum atomic E-state index is 12.3. The normalized spacial score (nSPS) is 13.3. The first-order chi connectivity index (χ1) is 9.44. The Kier molecular flexibility index (Phi) is 4.48. The van der Waals surface area contributed by atoms with Crippen molar-refractivity contribution in [1.29, 1.82) is 0 Å². The maximum absolute atomic E-state index is 12.3. The van der Waals surface area contributed by atoms with Crippen LogP contribution >= 0.6 is 15.9 Å². The highest BCUT2D eigenvalue weighted by molar-refractivity contribution is 9.10. The second-order valence-corrected chi connectivity index (χ2v) is 6.57. The lowest BCUT2D eigenvalue weighted by molar-refractivity contribution is 0.281. The van der Waals surface area contributed by atoms with E-state index < -0.39 is 16.1 Å². The van der Waals surface area contributed by atoms with Gasteiger partial charge in [-0.05, 0) is 40.5 Å². The Balaban J connectivity index is 2.31. The van der Waals surface area contributed by atoms with Crippen LogP contribution in [0.25, 0.3) is 0 Å². The monoisotopic (exact) mass is 361 g/mol. The minimum absolute atomic E-state index is 0.0411. The zero-order valence-corrected chi connectivity index (χ0v) is 12.8. The average molecular weight is 362 g/mol. The fraction of sp³-hybridized carbons (Fsp3) is 0.300. The number of nitrogens with zero attached hydrogens (tertiary/aromatic N) is 3. The van der Waals surface area contributed by atoms with E-state index in [1.54, 1.807) is 19.1 Å². The number of aromatic nitrogens is 4. The van der Waals surface area contributed by atoms with E-state index in [9.17, 15) is 8.42 Å². The summed E-state index contributed by atoms with van der Waals surface area (Å²) in [5.41, 5.74) is 0.501. The number of nitrogens with one attached hydrogen (secondary N) is 2. The number of aliphatic hydroxyl groups is 1. The van der Waals surface area contributed by atoms with Gasteiger partial charge in [0.1, 0.15) is 0 Å². The molecule has 1 heterocycles. The van der Waals surface area contributed by atoms with E-state index in [2.05, 4.69) is 41.3 Å². The molecule has 1 aromatic heterocycles. The molecule has 0 saturated carbocycles. The summed E-state index contributed by atoms with van der Waals surface area (Å²) in [6.45, 7) is 1.36. The van der Waals surface area contributed by atoms with E-state index in [-0.39, 0.29) is 17.3 Å². The third-order valence-electron chi connectivity index (χ3n) is 2.55. The first-order valence-corrected chi connectivity index (χ1v) is 7.86. The van der Waals surface area contributed by atoms with Gasteiger partial charge in [-0.25, -0.2) is 13.1 Å². The lowest BCUT2D eigenvalue weighted by Crippen LogP contribution is -2.28. The zero-order valence-electron chi connectivity index (χ0n) is 10.4. The summed E-state index contributed by atoms with van der Waals surface area (Å²) in [6, 6.07) is 3.96. The first-order valence-electron chi connectivity index (χ1n) is 5.59. The fourth-order valence-electron chi connectivity index (χ4n) is 1.55. The van der Waals surface area contributed by atoms with Gasteiger partial charge in [0.2, 0.25) is 10.0 Å². The number of aliphatic hydroxyl groups excluding tert-OH is 1. The van der Waals surface area contributed by atoms with Gasteiger partial charge in [0, 0.05) is 4.47 Å². The molecule has 0 aliphatic heterocycles. The molecule has 2 aromatic rings. The third-order valence-corrected chi connectivity index (χ3v) is 5.08. The Morgan fingerprint density at radius 1 is 1.50 bits per heavy atom. The van der Waals surface area contributed by atoms with Gasteiger partial charge < -0.3 is 5.11 Å². The highest BCUT2D eigenvalue weighted by atomic mass is 79.9. The molecule has 0 amide bonds. The molecule has 1 atom stereocenters. The molecule has 0 fully saturated rings. The van der Waals surface area contributed by atoms with Gasteiger partial charge in [-0.2, -0.15) is 5.21 Å². The number of hydrogen-bond acceptors (Lipinski definition) is 6. The van der Waals surface area contributed by atoms with Crippen LogP contribution in [0.15, 0.2) is 27.6 Å². The van der Waals surface area contributed by atoms with Gasteiger partial charge in [-0.15, -0.1) is 10.2 Å². The van der Waals surface area contributed by atoms with Crippen molar-refractivity contribution < 1.29 is 13.5 Å². The Bertz CT molecular complexity index is 689. The molecular formula is C10H12BrN5O3S. The highest BCUT2D eigenvalue weighted by Gasteiger charge is 2.23. The fourth-order valence-corrected chi connectivity index (χ4v) is 3.77. The molecule has 0 aliphatic rings. The van der Waals surface area contributed by atoms with Crippen molar-refractivity contribution in [3.63, 3.8) is 0 Å². The smallest absolute Gasteiger partial charge is 0.242 e. The molecule has 108 valence electrons. The number of H-pyrrole nitrogens is 1. The van der Waals surface area contributed by atoms with Crippen molar-refractivity contribution in [3.8, 4) is 0 Å². The zero-order chi connectivity index (χ0) is 14.8. The molecule has 0 bridgehead atoms. The van der Waals surface area contributed by atoms with Gasteiger partial charge in [0.05, 0.1) is 17.5 Å². The number of benzene rings is 1. The summed E-state index contributed by atoms with van der Waals surface area (Å²) < 4.78 is 27.5. The van der Waals surface area contributed by atoms with E-state index in [0.717, 1.165) is 0 Å². The number of halogens is 1. The predicted molar refractivity (Wildman–Crippen MR) is 73.0 cm³/mol. The molecule has 20 heavy (non-hydrogen) atoms. The van der Waals surface area contributed by atoms with Gasteiger partial charge in [0.25, 0.3) is 0 Å². The molecule has 2 rings (SSSR count). The van der Waals surface area contributed by atoms with Crippen LogP contribution in [0.1, 0.15) is 24.4 Å². The molecule has 0 aliphatic carbocycles. The molecule has 3 N–H and O–H groups in total. The van der Waals surface area contributed by atoms with Crippen molar-refractivity contribution in [3.05, 3.63) is 34.1 Å². The Labute approximate surface area is 123 Å². The van der Waals surface area contributed by atoms with Crippen molar-refractivity contribution >= 4 is 26.0 Å². The second-order valence-electron chi connectivity index (χ2n) is 4.04. The minimum atomic E-state index is -3.78. The number of tetrazole rings is 1. The molecule has 0 radical (unpaired) electrons. The van der Waals surface area contributed by atoms with Gasteiger partial charge in [-0.1, -0.05) is 11.3 Å². The topological polar surface area (TPSA) is 121 Å². The van der Waals surface area contributed by atoms with Gasteiger partial charge in [-0.3, -0.25) is 0 Å². The van der Waals surface area contributed by atoms with Crippen LogP contribution < -0.4 is 4.72 Å². The third kappa shape index (κ3) is 3.20. The summed E-state index contributed by atoms with van der Waals surface area (Å²) in [5, 5.41) is 22.2. The number of sulfonamides is 1. The van der Waals surface area contributed by atoms with Crippen LogP contribution in [-0.4, -0.2) is 34.1 Å². The summed E-state index contributed by atoms with van der Waals surface area (Å²) in [4.78, 5) is 0.0411. The van der Waals surface area contributed by atoms with Crippen molar-refractivity contribution in [2.45, 2.75) is 24.5 Å². The Morgan fingerprint density at radius 2 is 2.25 bits per heavy atom. The van der Waals surface area contributed by atoms with Crippen LogP contribution in [0.4, 0.5) is 0 Å². The number of aromatic amines is 1. The van der Waals surface area contributed by atoms with Gasteiger partial charge in [0.15, 0.2) is 5.82 Å². The van der Waals surface area contributed by atoms with Crippen molar-refractivity contribution in [1.82, 2.24) is 25.3 Å². The van der Waals surface area contributed by atoms with E-state index in [1.807, 2.05) is 0 Å². The molecule has 8 nitrogen and oxygen atoms in total. The highest BCUT2D eigenvalue weighted by Crippen LogP contribution is 2.24. The van der Waals surface area contributed by atoms with E-state index in [4.69, 9.17) is 5.11 Å². The standard InChI is InChI=1S/C10H12BrN5O3S/c1-6(10-12-15-16-13-10)14-20(18,19)9-4-7(5-17)2-3-8(9)11/h2-4,6,14,17H,5H2,1H3,(H,12,13,15,16). The maximum Gasteiger partial charge on any atom is 0.242 e. The molecule has 10 heteroatoms. The largest absolute Gasteiger partial charge is 0.392 e. The van der Waals surface area contributed by atoms with Crippen molar-refractivity contribution in [2.24, 2.45) is 0 Å². The molecule has 1 unspecified atom stereocenters. The quantitative estimate of drug-likeness (QED) is 0.712. The molecule has 1 aromatic carbocycles. The van der Waals surface area contributed by atoms with Gasteiger partial charge >= 0.3 is 0 Å². The summed E-state index contributed by atoms with van der Waals surface area (Å²) in [5.74, 6) is 0.239. The van der Waals surface area contributed by atoms with Crippen LogP contribution in [0, 0.1) is 0 Å². The molecule has 0 saturated heterocycles. The Morgan fingerprint density at radius 3 is 2.85 bits per heavy atom. The lowest BCUT2D eigenvalue weighted by Gasteiger charge is -2.12. The van der Waals surface area contributed by atoms with Crippen LogP contribution in [0.2, 0.25) is 0 Å². The number of rotatable bonds is 5. The summed E-state index contributed by atoms with van der Waals surface area (Å²) in [6.07, 6.45) is 0. The first kappa shape index (κ1) is 15.0. The summed E-state index contributed by atoms with van der Waals surface area (Å²) in [7, 11) is -3.78. The van der Waals surface area contributed by atoms with Crippen LogP contribution in [-0.2, 0) is 16.6 Å². The SMILES string of the molecule is CC(NS(=O)(=O)c1cc(CO)ccc1Br)c1nn[nH]n1. The Hall–Kier alpha value is -1.36. The summed E-state index contributed by atoms with van der Waals surface area (Å²) >= 11 is 3.18. The molecule has 0 spiro atoms. The van der Waals surface area contributed by atoms with E-state index >= 15 is 0 Å². The second kappa shape index (κ2) is 5.95. The predicted octanol–water partition coefficient (Wildman–Crippen LogP) is 0.494. The van der Waals surface area contributed by atoms with E-state index in [0.29, 0.717) is 10.0 Å². The average Bonchev–Trinajstić information content (AvgIpc) is 2.92. The minimum Gasteiger partial charge on any atom is -0.392 e. The van der Waals surface area contributed by atoms with Crippen LogP contribution in [0.3, 0.4) is 0 Å². The van der Waals surface area contributed by atoms with Crippen LogP contribution in [0.5, 0.6) is 0 Å².